The van der Waals surface area contributed by atoms with Gasteiger partial charge in [0.25, 0.3) is 11.1 Å². The first-order chi connectivity index (χ1) is 16.8. The van der Waals surface area contributed by atoms with Crippen LogP contribution in [0.25, 0.3) is 16.8 Å². The molecular formula is C26H21I2NO5S. The molecule has 1 aliphatic rings. The maximum Gasteiger partial charge on any atom is 0.329 e. The molecule has 0 unspecified atom stereocenters. The normalized spacial score (nSPS) is 15.7. The van der Waals surface area contributed by atoms with E-state index in [-0.39, 0.29) is 11.5 Å². The van der Waals surface area contributed by atoms with E-state index < -0.39 is 23.2 Å². The molecule has 180 valence electrons. The summed E-state index contributed by atoms with van der Waals surface area (Å²) in [5, 5.41) is 1.84. The van der Waals surface area contributed by atoms with E-state index in [1.807, 2.05) is 30.3 Å². The lowest BCUT2D eigenvalue weighted by Gasteiger charge is -2.19. The molecule has 0 saturated carbocycles. The van der Waals surface area contributed by atoms with E-state index in [0.717, 1.165) is 46.1 Å². The van der Waals surface area contributed by atoms with Gasteiger partial charge in [-0.3, -0.25) is 14.5 Å². The fraction of sp³-hybridized carbons (Fsp3) is 0.192. The molecule has 3 aromatic rings. The number of amides is 2. The van der Waals surface area contributed by atoms with Crippen LogP contribution in [0.5, 0.6) is 5.75 Å². The predicted molar refractivity (Wildman–Crippen MR) is 154 cm³/mol. The van der Waals surface area contributed by atoms with Gasteiger partial charge in [-0.15, -0.1) is 0 Å². The van der Waals surface area contributed by atoms with Crippen LogP contribution in [-0.2, 0) is 20.9 Å². The predicted octanol–water partition coefficient (Wildman–Crippen LogP) is 6.62. The van der Waals surface area contributed by atoms with Crippen molar-refractivity contribution in [1.29, 1.82) is 0 Å². The summed E-state index contributed by atoms with van der Waals surface area (Å²) < 4.78 is 12.9. The molecule has 0 aromatic heterocycles. The molecule has 0 radical (unpaired) electrons. The van der Waals surface area contributed by atoms with E-state index in [0.29, 0.717) is 6.61 Å². The van der Waals surface area contributed by atoms with Crippen LogP contribution in [0.2, 0.25) is 0 Å². The summed E-state index contributed by atoms with van der Waals surface area (Å²) in [6.45, 7) is 3.78. The van der Waals surface area contributed by atoms with Gasteiger partial charge in [-0.25, -0.2) is 4.79 Å². The molecule has 9 heteroatoms. The highest BCUT2D eigenvalue weighted by Gasteiger charge is 2.41. The molecule has 4 rings (SSSR count). The second-order valence-electron chi connectivity index (χ2n) is 7.72. The summed E-state index contributed by atoms with van der Waals surface area (Å²) >= 11 is 5.24. The summed E-state index contributed by atoms with van der Waals surface area (Å²) in [6.07, 6.45) is 1.67. The molecule has 0 spiro atoms. The van der Waals surface area contributed by atoms with Crippen LogP contribution in [0.4, 0.5) is 4.79 Å². The Bertz CT molecular complexity index is 1330. The molecule has 1 saturated heterocycles. The van der Waals surface area contributed by atoms with Gasteiger partial charge in [-0.2, -0.15) is 0 Å². The van der Waals surface area contributed by atoms with Crippen molar-refractivity contribution in [3.8, 4) is 5.75 Å². The van der Waals surface area contributed by atoms with Crippen LogP contribution >= 0.6 is 56.9 Å². The number of benzene rings is 3. The topological polar surface area (TPSA) is 72.9 Å². The number of rotatable bonds is 7. The molecule has 2 amide bonds. The average molecular weight is 713 g/mol. The molecule has 0 N–H and O–H groups in total. The third kappa shape index (κ3) is 5.67. The Balaban J connectivity index is 1.53. The molecular weight excluding hydrogens is 692 g/mol. The van der Waals surface area contributed by atoms with Crippen LogP contribution in [-0.4, -0.2) is 34.7 Å². The first kappa shape index (κ1) is 26.0. The molecule has 6 nitrogen and oxygen atoms in total. The number of thioether (sulfide) groups is 1. The summed E-state index contributed by atoms with van der Waals surface area (Å²) in [5.41, 5.74) is 1.87. The van der Waals surface area contributed by atoms with Gasteiger partial charge in [0.2, 0.25) is 0 Å². The molecule has 3 aromatic carbocycles. The smallest absolute Gasteiger partial charge is 0.329 e. The van der Waals surface area contributed by atoms with E-state index in [4.69, 9.17) is 9.47 Å². The lowest BCUT2D eigenvalue weighted by Crippen LogP contribution is -2.42. The van der Waals surface area contributed by atoms with Gasteiger partial charge in [0.05, 0.1) is 18.7 Å². The highest BCUT2D eigenvalue weighted by atomic mass is 127. The van der Waals surface area contributed by atoms with Gasteiger partial charge in [0.1, 0.15) is 18.4 Å². The number of carbonyl (C=O) groups is 3. The number of halogens is 2. The van der Waals surface area contributed by atoms with Crippen LogP contribution in [0.3, 0.4) is 0 Å². The summed E-state index contributed by atoms with van der Waals surface area (Å²) in [4.78, 5) is 38.5. The highest BCUT2D eigenvalue weighted by Crippen LogP contribution is 2.36. The number of carbonyl (C=O) groups excluding carboxylic acids is 3. The molecule has 35 heavy (non-hydrogen) atoms. The number of nitrogens with zero attached hydrogens (tertiary/aromatic N) is 1. The Morgan fingerprint density at radius 2 is 1.77 bits per heavy atom. The van der Waals surface area contributed by atoms with Gasteiger partial charge in [-0.1, -0.05) is 42.5 Å². The molecule has 1 atom stereocenters. The zero-order valence-corrected chi connectivity index (χ0v) is 24.0. The number of hydrogen-bond acceptors (Lipinski definition) is 6. The highest BCUT2D eigenvalue weighted by molar-refractivity contribution is 14.1. The number of esters is 1. The van der Waals surface area contributed by atoms with E-state index in [1.165, 1.54) is 12.3 Å². The number of imide groups is 1. The first-order valence-corrected chi connectivity index (χ1v) is 13.8. The number of ether oxygens (including phenoxy) is 2. The summed E-state index contributed by atoms with van der Waals surface area (Å²) in [5.74, 6) is -0.338. The van der Waals surface area contributed by atoms with Crippen LogP contribution < -0.4 is 4.74 Å². The van der Waals surface area contributed by atoms with Crippen molar-refractivity contribution in [3.63, 3.8) is 0 Å². The fourth-order valence-electron chi connectivity index (χ4n) is 3.70. The lowest BCUT2D eigenvalue weighted by molar-refractivity contribution is -0.150. The van der Waals surface area contributed by atoms with Crippen molar-refractivity contribution < 1.29 is 23.9 Å². The third-order valence-corrected chi connectivity index (χ3v) is 7.90. The summed E-state index contributed by atoms with van der Waals surface area (Å²) in [7, 11) is 0. The van der Waals surface area contributed by atoms with Gasteiger partial charge >= 0.3 is 5.97 Å². The quantitative estimate of drug-likeness (QED) is 0.156. The van der Waals surface area contributed by atoms with Gasteiger partial charge < -0.3 is 9.47 Å². The Kier molecular flexibility index (Phi) is 8.38. The van der Waals surface area contributed by atoms with Crippen LogP contribution in [0.15, 0.2) is 59.5 Å². The van der Waals surface area contributed by atoms with Gasteiger partial charge in [-0.05, 0) is 111 Å². The van der Waals surface area contributed by atoms with E-state index in [1.54, 1.807) is 13.0 Å². The largest absolute Gasteiger partial charge is 0.487 e. The Labute approximate surface area is 234 Å². The van der Waals surface area contributed by atoms with Crippen molar-refractivity contribution in [2.45, 2.75) is 26.5 Å². The Morgan fingerprint density at radius 1 is 1.09 bits per heavy atom. The fourth-order valence-corrected chi connectivity index (χ4v) is 6.74. The minimum Gasteiger partial charge on any atom is -0.487 e. The minimum atomic E-state index is -0.974. The molecule has 1 heterocycles. The molecule has 1 fully saturated rings. The van der Waals surface area contributed by atoms with Crippen molar-refractivity contribution in [3.05, 3.63) is 77.8 Å². The maximum absolute atomic E-state index is 12.9. The lowest BCUT2D eigenvalue weighted by atomic mass is 10.1. The standard InChI is InChI=1S/C26H21I2NO5S/c1-3-33-25(31)15(2)29-24(30)22(35-26(29)32)13-16-11-20(27)23(21(28)12-16)34-14-18-9-6-8-17-7-4-5-10-19(17)18/h4-13,15H,3,14H2,1-2H3/b22-13+/t15-/m0/s1. The molecule has 0 bridgehead atoms. The first-order valence-electron chi connectivity index (χ1n) is 10.8. The maximum atomic E-state index is 12.9. The minimum absolute atomic E-state index is 0.182. The monoisotopic (exact) mass is 713 g/mol. The van der Waals surface area contributed by atoms with E-state index in [2.05, 4.69) is 69.4 Å². The zero-order valence-electron chi connectivity index (χ0n) is 18.9. The number of fused-ring (bicyclic) bond motifs is 1. The van der Waals surface area contributed by atoms with Crippen LogP contribution in [0, 0.1) is 7.14 Å². The third-order valence-electron chi connectivity index (χ3n) is 5.41. The molecule has 0 aliphatic carbocycles. The summed E-state index contributed by atoms with van der Waals surface area (Å²) in [6, 6.07) is 17.2. The van der Waals surface area contributed by atoms with Crippen molar-refractivity contribution >= 4 is 90.9 Å². The van der Waals surface area contributed by atoms with Crippen molar-refractivity contribution in [2.75, 3.05) is 6.61 Å². The second kappa shape index (κ2) is 11.3. The average Bonchev–Trinajstić information content (AvgIpc) is 3.10. The SMILES string of the molecule is CCOC(=O)[C@H](C)N1C(=O)S/C(=C/c2cc(I)c(OCc3cccc4ccccc34)c(I)c2)C1=O. The molecule has 1 aliphatic heterocycles. The zero-order chi connectivity index (χ0) is 25.1. The van der Waals surface area contributed by atoms with E-state index >= 15 is 0 Å². The Hall–Kier alpha value is -2.12. The number of hydrogen-bond donors (Lipinski definition) is 0. The van der Waals surface area contributed by atoms with Gasteiger partial charge in [0.15, 0.2) is 0 Å². The van der Waals surface area contributed by atoms with Crippen LogP contribution in [0.1, 0.15) is 25.0 Å². The van der Waals surface area contributed by atoms with Crippen molar-refractivity contribution in [1.82, 2.24) is 4.90 Å². The van der Waals surface area contributed by atoms with E-state index in [9.17, 15) is 14.4 Å². The van der Waals surface area contributed by atoms with Gasteiger partial charge in [0, 0.05) is 0 Å². The second-order valence-corrected chi connectivity index (χ2v) is 11.0. The van der Waals surface area contributed by atoms with Crippen molar-refractivity contribution in [2.24, 2.45) is 0 Å². The Morgan fingerprint density at radius 3 is 2.49 bits per heavy atom.